The first kappa shape index (κ1) is 16.9. The minimum Gasteiger partial charge on any atom is -0.368 e. The van der Waals surface area contributed by atoms with E-state index in [1.807, 2.05) is 41.3 Å². The molecular weight excluding hydrogens is 341 g/mol. The predicted octanol–water partition coefficient (Wildman–Crippen LogP) is 4.09. The fourth-order valence-corrected chi connectivity index (χ4v) is 3.33. The largest absolute Gasteiger partial charge is 0.471 e. The van der Waals surface area contributed by atoms with Gasteiger partial charge in [-0.25, -0.2) is 0 Å². The highest BCUT2D eigenvalue weighted by molar-refractivity contribution is 6.35. The Labute approximate surface area is 142 Å². The molecule has 1 atom stereocenters. The number of amides is 1. The summed E-state index contributed by atoms with van der Waals surface area (Å²) in [6, 6.07) is 10.9. The van der Waals surface area contributed by atoms with Gasteiger partial charge >= 0.3 is 12.1 Å². The molecule has 2 aromatic rings. The van der Waals surface area contributed by atoms with Crippen LogP contribution in [0.3, 0.4) is 0 Å². The lowest BCUT2D eigenvalue weighted by molar-refractivity contribution is -0.187. The molecule has 3 nitrogen and oxygen atoms in total. The zero-order valence-electron chi connectivity index (χ0n) is 13.0. The summed E-state index contributed by atoms with van der Waals surface area (Å²) in [5, 5.41) is 2.57. The van der Waals surface area contributed by atoms with E-state index in [9.17, 15) is 18.0 Å². The maximum atomic E-state index is 12.6. The molecule has 0 radical (unpaired) electrons. The number of rotatable bonds is 1. The molecule has 7 heteroatoms. The van der Waals surface area contributed by atoms with Crippen LogP contribution in [0, 0.1) is 0 Å². The van der Waals surface area contributed by atoms with E-state index in [-0.39, 0.29) is 6.54 Å². The topological polar surface area (TPSA) is 23.6 Å². The van der Waals surface area contributed by atoms with Crippen LogP contribution in [-0.4, -0.2) is 42.7 Å². The fraction of sp³-hybridized carbons (Fsp3) is 0.353. The Morgan fingerprint density at radius 3 is 2.62 bits per heavy atom. The number of benzene rings is 2. The molecule has 1 saturated heterocycles. The maximum Gasteiger partial charge on any atom is 0.471 e. The average Bonchev–Trinajstić information content (AvgIpc) is 2.53. The van der Waals surface area contributed by atoms with Crippen LogP contribution in [0.4, 0.5) is 18.9 Å². The molecule has 0 spiro atoms. The van der Waals surface area contributed by atoms with E-state index >= 15 is 0 Å². The number of halogens is 4. The lowest BCUT2D eigenvalue weighted by Crippen LogP contribution is -2.57. The smallest absolute Gasteiger partial charge is 0.368 e. The minimum absolute atomic E-state index is 0.0487. The molecule has 0 bridgehead atoms. The first-order chi connectivity index (χ1) is 11.3. The van der Waals surface area contributed by atoms with Crippen molar-refractivity contribution in [1.82, 2.24) is 4.90 Å². The standard InChI is InChI=1S/C17H16ClF3N2O/c1-11-10-22(7-8-23(11)16(24)17(19,20)21)13-5-6-14-12(9-13)3-2-4-15(14)18/h2-6,9,11H,7-8,10H2,1H3/t11-/m1/s1. The van der Waals surface area contributed by atoms with Gasteiger partial charge in [-0.3, -0.25) is 4.79 Å². The van der Waals surface area contributed by atoms with Gasteiger partial charge in [-0.15, -0.1) is 0 Å². The van der Waals surface area contributed by atoms with Crippen molar-refractivity contribution in [3.05, 3.63) is 41.4 Å². The van der Waals surface area contributed by atoms with Gasteiger partial charge in [-0.2, -0.15) is 13.2 Å². The third-order valence-electron chi connectivity index (χ3n) is 4.31. The zero-order chi connectivity index (χ0) is 17.5. The van der Waals surface area contributed by atoms with Crippen molar-refractivity contribution in [2.75, 3.05) is 24.5 Å². The van der Waals surface area contributed by atoms with E-state index in [0.29, 0.717) is 18.1 Å². The lowest BCUT2D eigenvalue weighted by atomic mass is 10.1. The zero-order valence-corrected chi connectivity index (χ0v) is 13.7. The van der Waals surface area contributed by atoms with Crippen LogP contribution < -0.4 is 4.90 Å². The molecule has 3 rings (SSSR count). The molecule has 1 amide bonds. The van der Waals surface area contributed by atoms with Crippen molar-refractivity contribution in [3.63, 3.8) is 0 Å². The summed E-state index contributed by atoms with van der Waals surface area (Å²) >= 11 is 6.15. The molecule has 0 aromatic heterocycles. The molecule has 1 heterocycles. The SMILES string of the molecule is C[C@@H]1CN(c2ccc3c(Cl)cccc3c2)CCN1C(=O)C(F)(F)F. The Bertz CT molecular complexity index is 778. The van der Waals surface area contributed by atoms with Gasteiger partial charge in [0.15, 0.2) is 0 Å². The Morgan fingerprint density at radius 2 is 1.96 bits per heavy atom. The summed E-state index contributed by atoms with van der Waals surface area (Å²) < 4.78 is 37.9. The minimum atomic E-state index is -4.82. The van der Waals surface area contributed by atoms with Crippen LogP contribution in [0.25, 0.3) is 10.8 Å². The van der Waals surface area contributed by atoms with Crippen molar-refractivity contribution < 1.29 is 18.0 Å². The summed E-state index contributed by atoms with van der Waals surface area (Å²) in [4.78, 5) is 14.3. The first-order valence-corrected chi connectivity index (χ1v) is 7.96. The van der Waals surface area contributed by atoms with Gasteiger partial charge in [-0.1, -0.05) is 29.8 Å². The number of fused-ring (bicyclic) bond motifs is 1. The molecule has 1 aliphatic rings. The maximum absolute atomic E-state index is 12.6. The van der Waals surface area contributed by atoms with E-state index in [4.69, 9.17) is 11.6 Å². The number of alkyl halides is 3. The number of carbonyl (C=O) groups is 1. The van der Waals surface area contributed by atoms with Gasteiger partial charge in [0, 0.05) is 41.8 Å². The van der Waals surface area contributed by atoms with Crippen LogP contribution in [0.2, 0.25) is 5.02 Å². The van der Waals surface area contributed by atoms with Crippen molar-refractivity contribution >= 4 is 34.0 Å². The number of piperazine rings is 1. The highest BCUT2D eigenvalue weighted by Crippen LogP contribution is 2.29. The molecular formula is C17H16ClF3N2O. The summed E-state index contributed by atoms with van der Waals surface area (Å²) in [5.41, 5.74) is 0.913. The Morgan fingerprint density at radius 1 is 1.21 bits per heavy atom. The molecule has 0 unspecified atom stereocenters. The quantitative estimate of drug-likeness (QED) is 0.768. The van der Waals surface area contributed by atoms with E-state index < -0.39 is 18.1 Å². The predicted molar refractivity (Wildman–Crippen MR) is 88.4 cm³/mol. The van der Waals surface area contributed by atoms with Gasteiger partial charge < -0.3 is 9.80 Å². The normalized spacial score (nSPS) is 19.0. The molecule has 24 heavy (non-hydrogen) atoms. The summed E-state index contributed by atoms with van der Waals surface area (Å²) in [6.07, 6.45) is -4.82. The second-order valence-corrected chi connectivity index (χ2v) is 6.34. The molecule has 0 aliphatic carbocycles. The Hall–Kier alpha value is -1.95. The molecule has 128 valence electrons. The average molecular weight is 357 g/mol. The van der Waals surface area contributed by atoms with Gasteiger partial charge in [0.05, 0.1) is 0 Å². The van der Waals surface area contributed by atoms with Crippen LogP contribution >= 0.6 is 11.6 Å². The number of nitrogens with zero attached hydrogens (tertiary/aromatic N) is 2. The number of carbonyl (C=O) groups excluding carboxylic acids is 1. The van der Waals surface area contributed by atoms with Gasteiger partial charge in [0.25, 0.3) is 0 Å². The molecule has 2 aromatic carbocycles. The van der Waals surface area contributed by atoms with Crippen molar-refractivity contribution in [2.24, 2.45) is 0 Å². The lowest BCUT2D eigenvalue weighted by Gasteiger charge is -2.41. The number of anilines is 1. The molecule has 1 aliphatic heterocycles. The van der Waals surface area contributed by atoms with Crippen molar-refractivity contribution in [1.29, 1.82) is 0 Å². The van der Waals surface area contributed by atoms with E-state index in [1.165, 1.54) is 0 Å². The first-order valence-electron chi connectivity index (χ1n) is 7.58. The summed E-state index contributed by atoms with van der Waals surface area (Å²) in [6.45, 7) is 2.40. The van der Waals surface area contributed by atoms with Crippen molar-refractivity contribution in [2.45, 2.75) is 19.1 Å². The van der Waals surface area contributed by atoms with Gasteiger partial charge in [-0.05, 0) is 30.5 Å². The fourth-order valence-electron chi connectivity index (χ4n) is 3.08. The van der Waals surface area contributed by atoms with Gasteiger partial charge in [0.2, 0.25) is 0 Å². The van der Waals surface area contributed by atoms with Crippen LogP contribution in [0.1, 0.15) is 6.92 Å². The van der Waals surface area contributed by atoms with E-state index in [0.717, 1.165) is 21.4 Å². The second-order valence-electron chi connectivity index (χ2n) is 5.94. The third kappa shape index (κ3) is 3.15. The Kier molecular flexibility index (Phi) is 4.34. The highest BCUT2D eigenvalue weighted by Gasteiger charge is 2.45. The Balaban J connectivity index is 1.80. The van der Waals surface area contributed by atoms with Crippen LogP contribution in [0.15, 0.2) is 36.4 Å². The molecule has 0 saturated carbocycles. The third-order valence-corrected chi connectivity index (χ3v) is 4.64. The van der Waals surface area contributed by atoms with Crippen LogP contribution in [-0.2, 0) is 4.79 Å². The monoisotopic (exact) mass is 356 g/mol. The number of hydrogen-bond donors (Lipinski definition) is 0. The molecule has 0 N–H and O–H groups in total. The summed E-state index contributed by atoms with van der Waals surface area (Å²) in [7, 11) is 0. The summed E-state index contributed by atoms with van der Waals surface area (Å²) in [5.74, 6) is -1.76. The van der Waals surface area contributed by atoms with Crippen LogP contribution in [0.5, 0.6) is 0 Å². The number of hydrogen-bond acceptors (Lipinski definition) is 2. The molecule has 1 fully saturated rings. The van der Waals surface area contributed by atoms with E-state index in [2.05, 4.69) is 0 Å². The highest BCUT2D eigenvalue weighted by atomic mass is 35.5. The second kappa shape index (κ2) is 6.16. The van der Waals surface area contributed by atoms with Crippen molar-refractivity contribution in [3.8, 4) is 0 Å². The van der Waals surface area contributed by atoms with Gasteiger partial charge in [0.1, 0.15) is 0 Å². The van der Waals surface area contributed by atoms with E-state index in [1.54, 1.807) is 6.92 Å².